The fourth-order valence-electron chi connectivity index (χ4n) is 2.91. The van der Waals surface area contributed by atoms with Crippen LogP contribution in [-0.4, -0.2) is 28.8 Å². The molecule has 142 valence electrons. The van der Waals surface area contributed by atoms with Crippen LogP contribution in [0.2, 0.25) is 5.15 Å². The van der Waals surface area contributed by atoms with Crippen molar-refractivity contribution >= 4 is 23.5 Å². The molecule has 0 bridgehead atoms. The highest BCUT2D eigenvalue weighted by molar-refractivity contribution is 6.31. The maximum absolute atomic E-state index is 13.1. The molecular weight excluding hydrogens is 383 g/mol. The molecule has 7 heteroatoms. The van der Waals surface area contributed by atoms with Gasteiger partial charge in [-0.3, -0.25) is 4.79 Å². The molecule has 1 aliphatic heterocycles. The van der Waals surface area contributed by atoms with Crippen LogP contribution in [0.15, 0.2) is 48.5 Å². The first-order chi connectivity index (χ1) is 13.5. The molecule has 5 nitrogen and oxygen atoms in total. The topological polar surface area (TPSA) is 53.4 Å². The first-order valence-electron chi connectivity index (χ1n) is 8.66. The molecule has 0 spiro atoms. The zero-order chi connectivity index (χ0) is 19.7. The van der Waals surface area contributed by atoms with Crippen molar-refractivity contribution in [2.45, 2.75) is 6.92 Å². The van der Waals surface area contributed by atoms with E-state index in [0.29, 0.717) is 52.4 Å². The van der Waals surface area contributed by atoms with E-state index in [-0.39, 0.29) is 11.6 Å². The molecule has 0 fully saturated rings. The van der Waals surface area contributed by atoms with Crippen molar-refractivity contribution in [1.82, 2.24) is 9.78 Å². The van der Waals surface area contributed by atoms with Crippen LogP contribution in [0.3, 0.4) is 0 Å². The molecule has 2 aromatic carbocycles. The van der Waals surface area contributed by atoms with E-state index < -0.39 is 0 Å². The lowest BCUT2D eigenvalue weighted by Gasteiger charge is -2.18. The van der Waals surface area contributed by atoms with Gasteiger partial charge in [0.15, 0.2) is 17.3 Å². The van der Waals surface area contributed by atoms with Crippen LogP contribution in [-0.2, 0) is 0 Å². The van der Waals surface area contributed by atoms with E-state index in [9.17, 15) is 9.18 Å². The predicted octanol–water partition coefficient (Wildman–Crippen LogP) is 4.64. The maximum atomic E-state index is 13.1. The Morgan fingerprint density at radius 1 is 1.14 bits per heavy atom. The number of aromatic nitrogens is 2. The molecule has 0 radical (unpaired) electrons. The number of hydrogen-bond donors (Lipinski definition) is 0. The molecule has 0 amide bonds. The molecule has 1 aliphatic rings. The summed E-state index contributed by atoms with van der Waals surface area (Å²) in [7, 11) is 0. The van der Waals surface area contributed by atoms with Gasteiger partial charge in [-0.1, -0.05) is 11.6 Å². The highest BCUT2D eigenvalue weighted by atomic mass is 35.5. The number of aryl methyl sites for hydroxylation is 1. The highest BCUT2D eigenvalue weighted by Gasteiger charge is 2.15. The lowest BCUT2D eigenvalue weighted by atomic mass is 10.1. The van der Waals surface area contributed by atoms with Crippen LogP contribution in [0, 0.1) is 12.7 Å². The standard InChI is InChI=1S/C21H16ClFN2O3/c1-13-17(21(22)25(24-13)16-5-3-15(23)4-6-16)7-8-18(26)14-2-9-19-20(12-14)28-11-10-27-19/h2-9,12H,10-11H2,1H3/b8-7+. The molecule has 3 aromatic rings. The fourth-order valence-corrected chi connectivity index (χ4v) is 3.24. The molecule has 4 rings (SSSR count). The summed E-state index contributed by atoms with van der Waals surface area (Å²) in [6, 6.07) is 10.9. The van der Waals surface area contributed by atoms with Crippen LogP contribution >= 0.6 is 11.6 Å². The second kappa shape index (κ2) is 7.48. The van der Waals surface area contributed by atoms with Crippen molar-refractivity contribution in [3.8, 4) is 17.2 Å². The highest BCUT2D eigenvalue weighted by Crippen LogP contribution is 2.31. The number of nitrogens with zero attached hydrogens (tertiary/aromatic N) is 2. The predicted molar refractivity (Wildman–Crippen MR) is 104 cm³/mol. The second-order valence-corrected chi connectivity index (χ2v) is 6.59. The average molecular weight is 399 g/mol. The normalized spacial score (nSPS) is 13.1. The van der Waals surface area contributed by atoms with Gasteiger partial charge in [0.05, 0.1) is 11.4 Å². The third-order valence-electron chi connectivity index (χ3n) is 4.35. The average Bonchev–Trinajstić information content (AvgIpc) is 3.00. The van der Waals surface area contributed by atoms with Gasteiger partial charge in [0.2, 0.25) is 0 Å². The Morgan fingerprint density at radius 2 is 1.86 bits per heavy atom. The zero-order valence-corrected chi connectivity index (χ0v) is 15.7. The van der Waals surface area contributed by atoms with Crippen LogP contribution in [0.4, 0.5) is 4.39 Å². The SMILES string of the molecule is Cc1nn(-c2ccc(F)cc2)c(Cl)c1/C=C/C(=O)c1ccc2c(c1)OCCO2. The number of allylic oxidation sites excluding steroid dienone is 1. The van der Waals surface area contributed by atoms with Crippen molar-refractivity contribution in [3.63, 3.8) is 0 Å². The number of carbonyl (C=O) groups excluding carboxylic acids is 1. The molecule has 2 heterocycles. The summed E-state index contributed by atoms with van der Waals surface area (Å²) in [6.07, 6.45) is 3.07. The van der Waals surface area contributed by atoms with Gasteiger partial charge in [0.25, 0.3) is 0 Å². The summed E-state index contributed by atoms with van der Waals surface area (Å²) in [6.45, 7) is 2.74. The van der Waals surface area contributed by atoms with Gasteiger partial charge in [-0.05, 0) is 61.5 Å². The quantitative estimate of drug-likeness (QED) is 0.474. The third kappa shape index (κ3) is 3.51. The number of hydrogen-bond acceptors (Lipinski definition) is 4. The number of rotatable bonds is 4. The summed E-state index contributed by atoms with van der Waals surface area (Å²) in [5.41, 5.74) is 2.39. The lowest BCUT2D eigenvalue weighted by molar-refractivity contribution is 0.104. The van der Waals surface area contributed by atoms with Gasteiger partial charge in [0.1, 0.15) is 24.2 Å². The summed E-state index contributed by atoms with van der Waals surface area (Å²) in [5.74, 6) is 0.658. The molecule has 0 atom stereocenters. The Balaban J connectivity index is 1.59. The summed E-state index contributed by atoms with van der Waals surface area (Å²) < 4.78 is 25.6. The molecular formula is C21H16ClFN2O3. The van der Waals surface area contributed by atoms with Crippen molar-refractivity contribution in [2.24, 2.45) is 0 Å². The van der Waals surface area contributed by atoms with E-state index in [2.05, 4.69) is 5.10 Å². The van der Waals surface area contributed by atoms with Gasteiger partial charge in [0, 0.05) is 11.1 Å². The molecule has 28 heavy (non-hydrogen) atoms. The first kappa shape index (κ1) is 18.3. The lowest BCUT2D eigenvalue weighted by Crippen LogP contribution is -2.15. The van der Waals surface area contributed by atoms with E-state index in [4.69, 9.17) is 21.1 Å². The van der Waals surface area contributed by atoms with Gasteiger partial charge in [-0.2, -0.15) is 5.10 Å². The van der Waals surface area contributed by atoms with Gasteiger partial charge in [-0.25, -0.2) is 9.07 Å². The molecule has 0 aliphatic carbocycles. The van der Waals surface area contributed by atoms with Crippen LogP contribution in [0.5, 0.6) is 11.5 Å². The Morgan fingerprint density at radius 3 is 2.61 bits per heavy atom. The van der Waals surface area contributed by atoms with E-state index >= 15 is 0 Å². The Labute approximate surface area is 166 Å². The maximum Gasteiger partial charge on any atom is 0.185 e. The van der Waals surface area contributed by atoms with Crippen molar-refractivity contribution in [1.29, 1.82) is 0 Å². The van der Waals surface area contributed by atoms with Crippen molar-refractivity contribution in [2.75, 3.05) is 13.2 Å². The summed E-state index contributed by atoms with van der Waals surface area (Å²) in [5, 5.41) is 4.72. The van der Waals surface area contributed by atoms with E-state index in [1.165, 1.54) is 22.9 Å². The summed E-state index contributed by atoms with van der Waals surface area (Å²) >= 11 is 6.44. The molecule has 0 unspecified atom stereocenters. The van der Waals surface area contributed by atoms with Crippen molar-refractivity contribution in [3.05, 3.63) is 76.3 Å². The number of carbonyl (C=O) groups is 1. The Bertz CT molecular complexity index is 1070. The first-order valence-corrected chi connectivity index (χ1v) is 9.04. The zero-order valence-electron chi connectivity index (χ0n) is 15.0. The minimum absolute atomic E-state index is 0.193. The molecule has 0 N–H and O–H groups in total. The Kier molecular flexibility index (Phi) is 4.88. The molecule has 1 aromatic heterocycles. The van der Waals surface area contributed by atoms with Gasteiger partial charge in [-0.15, -0.1) is 0 Å². The van der Waals surface area contributed by atoms with Crippen LogP contribution in [0.1, 0.15) is 21.6 Å². The number of benzene rings is 2. The van der Waals surface area contributed by atoms with Crippen LogP contribution in [0.25, 0.3) is 11.8 Å². The number of fused-ring (bicyclic) bond motifs is 1. The number of halogens is 2. The minimum atomic E-state index is -0.339. The van der Waals surface area contributed by atoms with Crippen LogP contribution < -0.4 is 9.47 Å². The monoisotopic (exact) mass is 398 g/mol. The Hall–Kier alpha value is -3.12. The molecule has 0 saturated heterocycles. The smallest absolute Gasteiger partial charge is 0.185 e. The number of ether oxygens (including phenoxy) is 2. The van der Waals surface area contributed by atoms with Gasteiger partial charge < -0.3 is 9.47 Å². The van der Waals surface area contributed by atoms with E-state index in [1.54, 1.807) is 43.3 Å². The fraction of sp³-hybridized carbons (Fsp3) is 0.143. The number of ketones is 1. The van der Waals surface area contributed by atoms with E-state index in [1.807, 2.05) is 0 Å². The molecule has 0 saturated carbocycles. The minimum Gasteiger partial charge on any atom is -0.486 e. The summed E-state index contributed by atoms with van der Waals surface area (Å²) in [4.78, 5) is 12.5. The second-order valence-electron chi connectivity index (χ2n) is 6.23. The third-order valence-corrected chi connectivity index (χ3v) is 4.71. The largest absolute Gasteiger partial charge is 0.486 e. The van der Waals surface area contributed by atoms with Gasteiger partial charge >= 0.3 is 0 Å². The van der Waals surface area contributed by atoms with Crippen molar-refractivity contribution < 1.29 is 18.7 Å². The van der Waals surface area contributed by atoms with E-state index in [0.717, 1.165) is 0 Å².